The van der Waals surface area contributed by atoms with Crippen LogP contribution < -0.4 is 9.47 Å². The number of esters is 2. The minimum Gasteiger partial charge on any atom is -0.508 e. The molecule has 38 heavy (non-hydrogen) atoms. The second kappa shape index (κ2) is 10.9. The molecule has 0 spiro atoms. The topological polar surface area (TPSA) is 154 Å². The van der Waals surface area contributed by atoms with Crippen LogP contribution in [0.2, 0.25) is 0 Å². The lowest BCUT2D eigenvalue weighted by Crippen LogP contribution is -2.19. The molecule has 0 amide bonds. The van der Waals surface area contributed by atoms with E-state index in [1.54, 1.807) is 0 Å². The fourth-order valence-corrected chi connectivity index (χ4v) is 4.33. The number of benzene rings is 3. The monoisotopic (exact) mass is 520 g/mol. The van der Waals surface area contributed by atoms with Crippen molar-refractivity contribution < 1.29 is 44.6 Å². The molecule has 4 rings (SSSR count). The highest BCUT2D eigenvalue weighted by atomic mass is 16.6. The highest BCUT2D eigenvalue weighted by Crippen LogP contribution is 2.56. The third-order valence-electron chi connectivity index (χ3n) is 6.20. The van der Waals surface area contributed by atoms with Crippen LogP contribution in [0.1, 0.15) is 33.1 Å². The molecule has 198 valence electrons. The lowest BCUT2D eigenvalue weighted by atomic mass is 9.95. The van der Waals surface area contributed by atoms with Crippen molar-refractivity contribution in [3.05, 3.63) is 60.2 Å². The Balaban J connectivity index is 1.95. The van der Waals surface area contributed by atoms with Crippen molar-refractivity contribution in [1.82, 2.24) is 0 Å². The average Bonchev–Trinajstić information content (AvgIpc) is 3.30. The zero-order chi connectivity index (χ0) is 27.6. The van der Waals surface area contributed by atoms with Crippen molar-refractivity contribution in [3.63, 3.8) is 0 Å². The Kier molecular flexibility index (Phi) is 7.59. The fraction of sp³-hybridized carbons (Fsp3) is 0.241. The standard InChI is InChI=1S/C29H28O9/c1-15-3-4-19(13-15)29(36)38-28-24(18-7-11-21(32)12-8-18)25(34)27(37-22(33)14-16(2)30)23(26(28)35)17-5-9-20(31)10-6-17/h3,5-12,16,19,30-32,34-35H,4,13-14H2,1-2H3. The molecule has 2 atom stereocenters. The van der Waals surface area contributed by atoms with Gasteiger partial charge in [0.15, 0.2) is 23.0 Å². The van der Waals surface area contributed by atoms with Crippen LogP contribution in [0.3, 0.4) is 0 Å². The Morgan fingerprint density at radius 2 is 1.32 bits per heavy atom. The van der Waals surface area contributed by atoms with Crippen molar-refractivity contribution in [3.8, 4) is 56.8 Å². The van der Waals surface area contributed by atoms with Gasteiger partial charge in [0, 0.05) is 0 Å². The van der Waals surface area contributed by atoms with Crippen molar-refractivity contribution in [2.24, 2.45) is 5.92 Å². The van der Waals surface area contributed by atoms with E-state index in [1.165, 1.54) is 55.5 Å². The van der Waals surface area contributed by atoms with Gasteiger partial charge in [0.05, 0.1) is 29.6 Å². The minimum absolute atomic E-state index is 0.0622. The van der Waals surface area contributed by atoms with Crippen LogP contribution in [0.15, 0.2) is 60.2 Å². The predicted molar refractivity (Wildman–Crippen MR) is 138 cm³/mol. The number of hydrogen-bond donors (Lipinski definition) is 5. The van der Waals surface area contributed by atoms with Gasteiger partial charge in [0.1, 0.15) is 11.5 Å². The van der Waals surface area contributed by atoms with Crippen molar-refractivity contribution >= 4 is 11.9 Å². The molecule has 0 fully saturated rings. The van der Waals surface area contributed by atoms with Crippen LogP contribution in [-0.4, -0.2) is 43.6 Å². The molecule has 0 heterocycles. The van der Waals surface area contributed by atoms with E-state index in [4.69, 9.17) is 9.47 Å². The Hall–Kier alpha value is -4.50. The summed E-state index contributed by atoms with van der Waals surface area (Å²) in [7, 11) is 0. The lowest BCUT2D eigenvalue weighted by Gasteiger charge is -2.22. The number of ether oxygens (including phenoxy) is 2. The molecule has 2 unspecified atom stereocenters. The Bertz CT molecular complexity index is 1390. The molecule has 9 heteroatoms. The van der Waals surface area contributed by atoms with Crippen LogP contribution in [0, 0.1) is 5.92 Å². The molecular weight excluding hydrogens is 492 g/mol. The third kappa shape index (κ3) is 5.57. The maximum absolute atomic E-state index is 13.1. The highest BCUT2D eigenvalue weighted by molar-refractivity contribution is 5.96. The second-order valence-corrected chi connectivity index (χ2v) is 9.33. The van der Waals surface area contributed by atoms with Crippen LogP contribution in [0.4, 0.5) is 0 Å². The molecule has 0 radical (unpaired) electrons. The van der Waals surface area contributed by atoms with Crippen LogP contribution in [0.25, 0.3) is 22.3 Å². The Morgan fingerprint density at radius 3 is 1.74 bits per heavy atom. The number of rotatable bonds is 7. The number of aromatic hydroxyl groups is 4. The lowest BCUT2D eigenvalue weighted by molar-refractivity contribution is -0.139. The van der Waals surface area contributed by atoms with Gasteiger partial charge in [-0.05, 0) is 62.1 Å². The summed E-state index contributed by atoms with van der Waals surface area (Å²) in [4.78, 5) is 25.6. The summed E-state index contributed by atoms with van der Waals surface area (Å²) in [5, 5.41) is 52.1. The first-order chi connectivity index (χ1) is 18.0. The summed E-state index contributed by atoms with van der Waals surface area (Å²) in [5.41, 5.74) is 1.23. The number of carbonyl (C=O) groups excluding carboxylic acids is 2. The number of aliphatic hydroxyl groups is 1. The maximum atomic E-state index is 13.1. The van der Waals surface area contributed by atoms with E-state index in [9.17, 15) is 35.1 Å². The van der Waals surface area contributed by atoms with Gasteiger partial charge in [0.2, 0.25) is 0 Å². The van der Waals surface area contributed by atoms with Gasteiger partial charge in [-0.15, -0.1) is 0 Å². The first-order valence-corrected chi connectivity index (χ1v) is 12.0. The fourth-order valence-electron chi connectivity index (χ4n) is 4.33. The molecule has 1 aliphatic rings. The van der Waals surface area contributed by atoms with Crippen molar-refractivity contribution in [2.75, 3.05) is 0 Å². The second-order valence-electron chi connectivity index (χ2n) is 9.33. The van der Waals surface area contributed by atoms with E-state index in [0.29, 0.717) is 12.8 Å². The molecule has 0 aliphatic heterocycles. The van der Waals surface area contributed by atoms with E-state index in [2.05, 4.69) is 0 Å². The summed E-state index contributed by atoms with van der Waals surface area (Å²) >= 11 is 0. The predicted octanol–water partition coefficient (Wildman–Crippen LogP) is 4.78. The summed E-state index contributed by atoms with van der Waals surface area (Å²) in [6, 6.07) is 11.1. The third-order valence-corrected chi connectivity index (χ3v) is 6.20. The number of phenolic OH excluding ortho intramolecular Hbond substituents is 4. The van der Waals surface area contributed by atoms with Crippen LogP contribution >= 0.6 is 0 Å². The molecule has 0 saturated carbocycles. The van der Waals surface area contributed by atoms with E-state index in [0.717, 1.165) is 5.57 Å². The summed E-state index contributed by atoms with van der Waals surface area (Å²) in [6.45, 7) is 3.29. The number of aliphatic hydroxyl groups excluding tert-OH is 1. The first kappa shape index (κ1) is 26.6. The largest absolute Gasteiger partial charge is 0.508 e. The van der Waals surface area contributed by atoms with Gasteiger partial charge in [-0.1, -0.05) is 35.9 Å². The van der Waals surface area contributed by atoms with Crippen LogP contribution in [-0.2, 0) is 9.59 Å². The molecule has 9 nitrogen and oxygen atoms in total. The molecular formula is C29H28O9. The van der Waals surface area contributed by atoms with Crippen molar-refractivity contribution in [1.29, 1.82) is 0 Å². The molecule has 0 bridgehead atoms. The number of phenols is 4. The Labute approximate surface area is 218 Å². The smallest absolute Gasteiger partial charge is 0.315 e. The van der Waals surface area contributed by atoms with Gasteiger partial charge in [-0.3, -0.25) is 9.59 Å². The molecule has 3 aromatic rings. The summed E-state index contributed by atoms with van der Waals surface area (Å²) in [5.74, 6) is -4.11. The number of allylic oxidation sites excluding steroid dienone is 2. The van der Waals surface area contributed by atoms with Crippen LogP contribution in [0.5, 0.6) is 34.5 Å². The van der Waals surface area contributed by atoms with Gasteiger partial charge >= 0.3 is 11.9 Å². The molecule has 3 aromatic carbocycles. The summed E-state index contributed by atoms with van der Waals surface area (Å²) in [6.07, 6.45) is 1.45. The van der Waals surface area contributed by atoms with E-state index in [-0.39, 0.29) is 39.5 Å². The number of carbonyl (C=O) groups is 2. The SMILES string of the molecule is CC1=CCC(C(=O)Oc2c(O)c(-c3ccc(O)cc3)c(OC(=O)CC(C)O)c(O)c2-c2ccc(O)cc2)C1. The minimum atomic E-state index is -1.03. The Morgan fingerprint density at radius 1 is 0.842 bits per heavy atom. The first-order valence-electron chi connectivity index (χ1n) is 12.0. The molecule has 0 saturated heterocycles. The van der Waals surface area contributed by atoms with E-state index >= 15 is 0 Å². The van der Waals surface area contributed by atoms with Gasteiger partial charge in [-0.2, -0.15) is 0 Å². The van der Waals surface area contributed by atoms with Gasteiger partial charge < -0.3 is 35.0 Å². The number of hydrogen-bond acceptors (Lipinski definition) is 9. The quantitative estimate of drug-likeness (QED) is 0.128. The molecule has 1 aliphatic carbocycles. The van der Waals surface area contributed by atoms with Crippen molar-refractivity contribution in [2.45, 2.75) is 39.2 Å². The van der Waals surface area contributed by atoms with E-state index < -0.39 is 47.6 Å². The zero-order valence-corrected chi connectivity index (χ0v) is 20.8. The van der Waals surface area contributed by atoms with Gasteiger partial charge in [-0.25, -0.2) is 0 Å². The highest BCUT2D eigenvalue weighted by Gasteiger charge is 2.33. The maximum Gasteiger partial charge on any atom is 0.315 e. The summed E-state index contributed by atoms with van der Waals surface area (Å²) < 4.78 is 11.2. The normalized spacial score (nSPS) is 15.6. The zero-order valence-electron chi connectivity index (χ0n) is 20.8. The molecule has 0 aromatic heterocycles. The average molecular weight is 521 g/mol. The molecule has 5 N–H and O–H groups in total. The van der Waals surface area contributed by atoms with E-state index in [1.807, 2.05) is 13.0 Å². The van der Waals surface area contributed by atoms with Gasteiger partial charge in [0.25, 0.3) is 0 Å².